The molecule has 2 aromatic rings. The molecule has 3 heterocycles. The zero-order valence-electron chi connectivity index (χ0n) is 13.1. The molecular weight excluding hydrogens is 338 g/mol. The molecule has 0 spiro atoms. The van der Waals surface area contributed by atoms with Gasteiger partial charge in [0.1, 0.15) is 12.4 Å². The summed E-state index contributed by atoms with van der Waals surface area (Å²) in [5, 5.41) is 2.97. The first kappa shape index (κ1) is 16.6. The Bertz CT molecular complexity index is 758. The fourth-order valence-corrected chi connectivity index (χ4v) is 4.43. The molecule has 7 nitrogen and oxygen atoms in total. The van der Waals surface area contributed by atoms with Crippen LogP contribution in [0.3, 0.4) is 0 Å². The minimum atomic E-state index is -3.22. The van der Waals surface area contributed by atoms with Gasteiger partial charge < -0.3 is 9.15 Å². The number of thiazole rings is 1. The van der Waals surface area contributed by atoms with Crippen LogP contribution in [0.1, 0.15) is 41.4 Å². The van der Waals surface area contributed by atoms with Crippen molar-refractivity contribution in [3.05, 3.63) is 33.4 Å². The van der Waals surface area contributed by atoms with Crippen molar-refractivity contribution in [1.82, 2.24) is 14.3 Å². The van der Waals surface area contributed by atoms with E-state index < -0.39 is 10.0 Å². The molecule has 2 aromatic heterocycles. The van der Waals surface area contributed by atoms with Crippen molar-refractivity contribution in [1.29, 1.82) is 0 Å². The van der Waals surface area contributed by atoms with E-state index in [1.165, 1.54) is 4.31 Å². The maximum Gasteiger partial charge on any atom is 0.220 e. The number of nitrogens with zero attached hydrogens (tertiary/aromatic N) is 3. The van der Waals surface area contributed by atoms with Gasteiger partial charge in [0.25, 0.3) is 0 Å². The Morgan fingerprint density at radius 3 is 2.83 bits per heavy atom. The summed E-state index contributed by atoms with van der Waals surface area (Å²) in [5.74, 6) is 1.25. The van der Waals surface area contributed by atoms with Crippen molar-refractivity contribution in [2.45, 2.75) is 46.6 Å². The first-order chi connectivity index (χ1) is 11.0. The lowest BCUT2D eigenvalue weighted by Crippen LogP contribution is -2.28. The molecule has 0 N–H and O–H groups in total. The van der Waals surface area contributed by atoms with Crippen molar-refractivity contribution in [2.24, 2.45) is 0 Å². The number of fused-ring (bicyclic) bond motifs is 1. The van der Waals surface area contributed by atoms with E-state index in [4.69, 9.17) is 9.15 Å². The van der Waals surface area contributed by atoms with Crippen LogP contribution in [0.4, 0.5) is 0 Å². The van der Waals surface area contributed by atoms with E-state index >= 15 is 0 Å². The lowest BCUT2D eigenvalue weighted by atomic mass is 10.4. The molecule has 0 saturated heterocycles. The molecule has 9 heteroatoms. The summed E-state index contributed by atoms with van der Waals surface area (Å²) in [6.45, 7) is 5.01. The highest BCUT2D eigenvalue weighted by molar-refractivity contribution is 7.89. The molecule has 0 radical (unpaired) electrons. The summed E-state index contributed by atoms with van der Waals surface area (Å²) in [6.07, 6.45) is 0.600. The fraction of sp³-hybridized carbons (Fsp3) is 0.571. The van der Waals surface area contributed by atoms with Crippen molar-refractivity contribution < 1.29 is 17.6 Å². The van der Waals surface area contributed by atoms with Crippen molar-refractivity contribution in [2.75, 3.05) is 5.75 Å². The SMILES string of the molecule is CCCS(=O)(=O)N1Cc2nc(COCc3csc(C)n3)oc2C1. The van der Waals surface area contributed by atoms with Gasteiger partial charge in [0.05, 0.1) is 41.8 Å². The van der Waals surface area contributed by atoms with E-state index in [1.54, 1.807) is 11.3 Å². The number of sulfonamides is 1. The normalized spacial score (nSPS) is 15.2. The van der Waals surface area contributed by atoms with Crippen LogP contribution in [0.5, 0.6) is 0 Å². The van der Waals surface area contributed by atoms with E-state index in [9.17, 15) is 8.42 Å². The molecule has 0 saturated carbocycles. The van der Waals surface area contributed by atoms with Crippen molar-refractivity contribution in [3.8, 4) is 0 Å². The summed E-state index contributed by atoms with van der Waals surface area (Å²) in [6, 6.07) is 0. The molecule has 0 aromatic carbocycles. The highest BCUT2D eigenvalue weighted by atomic mass is 32.2. The van der Waals surface area contributed by atoms with Crippen LogP contribution in [0.15, 0.2) is 9.80 Å². The summed E-state index contributed by atoms with van der Waals surface area (Å²) in [5.41, 5.74) is 1.58. The molecular formula is C14H19N3O4S2. The minimum Gasteiger partial charge on any atom is -0.441 e. The Labute approximate surface area is 139 Å². The van der Waals surface area contributed by atoms with Gasteiger partial charge in [0.2, 0.25) is 15.9 Å². The number of aryl methyl sites for hydroxylation is 1. The van der Waals surface area contributed by atoms with Crippen molar-refractivity contribution in [3.63, 3.8) is 0 Å². The van der Waals surface area contributed by atoms with E-state index in [0.717, 1.165) is 10.7 Å². The van der Waals surface area contributed by atoms with E-state index in [-0.39, 0.29) is 25.4 Å². The van der Waals surface area contributed by atoms with Gasteiger partial charge in [-0.3, -0.25) is 0 Å². The molecule has 0 unspecified atom stereocenters. The largest absolute Gasteiger partial charge is 0.441 e. The number of hydrogen-bond acceptors (Lipinski definition) is 7. The van der Waals surface area contributed by atoms with Crippen LogP contribution in [0.2, 0.25) is 0 Å². The number of aromatic nitrogens is 2. The molecule has 0 fully saturated rings. The van der Waals surface area contributed by atoms with Crippen LogP contribution in [0, 0.1) is 6.92 Å². The molecule has 0 aliphatic carbocycles. The smallest absolute Gasteiger partial charge is 0.220 e. The highest BCUT2D eigenvalue weighted by Crippen LogP contribution is 2.26. The Hall–Kier alpha value is -1.29. The number of rotatable bonds is 7. The quantitative estimate of drug-likeness (QED) is 0.755. The maximum absolute atomic E-state index is 12.0. The van der Waals surface area contributed by atoms with E-state index in [2.05, 4.69) is 9.97 Å². The second-order valence-corrected chi connectivity index (χ2v) is 8.56. The monoisotopic (exact) mass is 357 g/mol. The first-order valence-corrected chi connectivity index (χ1v) is 9.91. The van der Waals surface area contributed by atoms with Gasteiger partial charge in [-0.15, -0.1) is 11.3 Å². The average molecular weight is 357 g/mol. The summed E-state index contributed by atoms with van der Waals surface area (Å²) >= 11 is 1.58. The Balaban J connectivity index is 1.54. The molecule has 3 rings (SSSR count). The highest BCUT2D eigenvalue weighted by Gasteiger charge is 2.32. The van der Waals surface area contributed by atoms with Crippen LogP contribution in [-0.4, -0.2) is 28.4 Å². The second-order valence-electron chi connectivity index (χ2n) is 5.41. The number of oxazole rings is 1. The van der Waals surface area contributed by atoms with Gasteiger partial charge in [-0.25, -0.2) is 18.4 Å². The van der Waals surface area contributed by atoms with E-state index in [1.807, 2.05) is 19.2 Å². The Morgan fingerprint density at radius 2 is 2.17 bits per heavy atom. The lowest BCUT2D eigenvalue weighted by molar-refractivity contribution is 0.0861. The fourth-order valence-electron chi connectivity index (χ4n) is 2.43. The molecule has 0 bridgehead atoms. The predicted octanol–water partition coefficient (Wildman–Crippen LogP) is 2.21. The third-order valence-corrected chi connectivity index (χ3v) is 6.26. The number of ether oxygens (including phenoxy) is 1. The lowest BCUT2D eigenvalue weighted by Gasteiger charge is -2.14. The maximum atomic E-state index is 12.0. The van der Waals surface area contributed by atoms with Gasteiger partial charge in [-0.1, -0.05) is 6.92 Å². The standard InChI is InChI=1S/C14H19N3O4S2/c1-3-4-23(18,19)17-5-12-13(6-17)21-14(16-12)8-20-7-11-9-22-10(2)15-11/h9H,3-8H2,1-2H3. The Kier molecular flexibility index (Phi) is 4.81. The zero-order valence-corrected chi connectivity index (χ0v) is 14.7. The second kappa shape index (κ2) is 6.68. The summed E-state index contributed by atoms with van der Waals surface area (Å²) in [7, 11) is -3.22. The van der Waals surface area contributed by atoms with Crippen LogP contribution in [0.25, 0.3) is 0 Å². The third-order valence-electron chi connectivity index (χ3n) is 3.47. The molecule has 1 aliphatic heterocycles. The van der Waals surface area contributed by atoms with Crippen LogP contribution < -0.4 is 0 Å². The Morgan fingerprint density at radius 1 is 1.35 bits per heavy atom. The summed E-state index contributed by atoms with van der Waals surface area (Å²) < 4.78 is 36.7. The minimum absolute atomic E-state index is 0.153. The van der Waals surface area contributed by atoms with E-state index in [0.29, 0.717) is 30.4 Å². The zero-order chi connectivity index (χ0) is 16.4. The van der Waals surface area contributed by atoms with Gasteiger partial charge in [0.15, 0.2) is 0 Å². The number of hydrogen-bond donors (Lipinski definition) is 0. The van der Waals surface area contributed by atoms with Gasteiger partial charge in [-0.2, -0.15) is 4.31 Å². The molecule has 0 atom stereocenters. The first-order valence-electron chi connectivity index (χ1n) is 7.42. The third kappa shape index (κ3) is 3.79. The van der Waals surface area contributed by atoms with Crippen LogP contribution >= 0.6 is 11.3 Å². The van der Waals surface area contributed by atoms with Crippen LogP contribution in [-0.2, 0) is 41.1 Å². The predicted molar refractivity (Wildman–Crippen MR) is 85.2 cm³/mol. The molecule has 126 valence electrons. The van der Waals surface area contributed by atoms with Gasteiger partial charge in [-0.05, 0) is 13.3 Å². The molecule has 0 amide bonds. The van der Waals surface area contributed by atoms with Gasteiger partial charge in [0, 0.05) is 5.38 Å². The summed E-state index contributed by atoms with van der Waals surface area (Å²) in [4.78, 5) is 8.65. The molecule has 23 heavy (non-hydrogen) atoms. The molecule has 1 aliphatic rings. The van der Waals surface area contributed by atoms with Gasteiger partial charge >= 0.3 is 0 Å². The topological polar surface area (TPSA) is 85.5 Å². The average Bonchev–Trinajstić information content (AvgIpc) is 3.13. The van der Waals surface area contributed by atoms with Crippen molar-refractivity contribution >= 4 is 21.4 Å².